The molecule has 0 aromatic heterocycles. The van der Waals surface area contributed by atoms with Crippen LogP contribution in [-0.2, 0) is 0 Å². The Kier molecular flexibility index (Phi) is 3.26. The number of rotatable bonds is 0. The zero-order chi connectivity index (χ0) is 15.6. The first kappa shape index (κ1) is 15.1. The van der Waals surface area contributed by atoms with Crippen LogP contribution < -0.4 is 0 Å². The van der Waals surface area contributed by atoms with Crippen LogP contribution in [0.2, 0.25) is 0 Å². The largest absolute Gasteiger partial charge is 0.377 e. The molecule has 1 nitrogen and oxygen atoms in total. The fraction of sp³-hybridized carbons (Fsp3) is 0.905. The van der Waals surface area contributed by atoms with E-state index < -0.39 is 5.60 Å². The van der Waals surface area contributed by atoms with Crippen molar-refractivity contribution in [3.8, 4) is 12.3 Å². The standard InChI is InChI=1S/C21H32O/c1-4-21(22)14-11-18-16-9-8-15-7-5-6-12-19(15,2)17(16)10-13-20(18,21)3/h1,15-18,22H,5-14H2,2-3H3/t15-,16+,17-,18-,19-,20-,21-/m0/s1. The van der Waals surface area contributed by atoms with Crippen molar-refractivity contribution in [1.29, 1.82) is 0 Å². The lowest BCUT2D eigenvalue weighted by Crippen LogP contribution is -2.55. The van der Waals surface area contributed by atoms with Gasteiger partial charge in [-0.15, -0.1) is 6.42 Å². The van der Waals surface area contributed by atoms with Crippen LogP contribution in [0, 0.1) is 46.8 Å². The molecule has 0 aromatic carbocycles. The molecule has 0 radical (unpaired) electrons. The van der Waals surface area contributed by atoms with E-state index in [1.54, 1.807) is 0 Å². The van der Waals surface area contributed by atoms with Crippen molar-refractivity contribution in [2.75, 3.05) is 0 Å². The van der Waals surface area contributed by atoms with Crippen molar-refractivity contribution in [1.82, 2.24) is 0 Å². The highest BCUT2D eigenvalue weighted by molar-refractivity contribution is 5.23. The number of aliphatic hydroxyl groups is 1. The molecule has 0 heterocycles. The van der Waals surface area contributed by atoms with E-state index >= 15 is 0 Å². The van der Waals surface area contributed by atoms with Gasteiger partial charge in [-0.2, -0.15) is 0 Å². The quantitative estimate of drug-likeness (QED) is 0.638. The van der Waals surface area contributed by atoms with Crippen molar-refractivity contribution in [3.05, 3.63) is 0 Å². The van der Waals surface area contributed by atoms with E-state index in [0.717, 1.165) is 37.0 Å². The molecule has 1 N–H and O–H groups in total. The van der Waals surface area contributed by atoms with Crippen molar-refractivity contribution in [2.24, 2.45) is 34.5 Å². The first-order valence-corrected chi connectivity index (χ1v) is 9.65. The summed E-state index contributed by atoms with van der Waals surface area (Å²) in [5, 5.41) is 11.0. The highest BCUT2D eigenvalue weighted by atomic mass is 16.3. The molecule has 0 aliphatic heterocycles. The van der Waals surface area contributed by atoms with Gasteiger partial charge >= 0.3 is 0 Å². The average molecular weight is 300 g/mol. The maximum atomic E-state index is 11.0. The van der Waals surface area contributed by atoms with E-state index in [-0.39, 0.29) is 5.41 Å². The van der Waals surface area contributed by atoms with E-state index in [1.807, 2.05) is 0 Å². The molecular weight excluding hydrogens is 268 g/mol. The Labute approximate surface area is 136 Å². The third-order valence-corrected chi connectivity index (χ3v) is 8.97. The van der Waals surface area contributed by atoms with Crippen LogP contribution in [0.15, 0.2) is 0 Å². The monoisotopic (exact) mass is 300 g/mol. The molecule has 4 aliphatic rings. The Morgan fingerprint density at radius 3 is 2.45 bits per heavy atom. The second-order valence-electron chi connectivity index (χ2n) is 9.40. The minimum Gasteiger partial charge on any atom is -0.377 e. The van der Waals surface area contributed by atoms with Gasteiger partial charge in [0.1, 0.15) is 5.60 Å². The van der Waals surface area contributed by atoms with Crippen LogP contribution in [0.1, 0.15) is 78.1 Å². The van der Waals surface area contributed by atoms with Gasteiger partial charge in [-0.3, -0.25) is 0 Å². The third-order valence-electron chi connectivity index (χ3n) is 8.97. The van der Waals surface area contributed by atoms with Crippen molar-refractivity contribution >= 4 is 0 Å². The molecule has 4 aliphatic carbocycles. The maximum absolute atomic E-state index is 11.0. The predicted molar refractivity (Wildman–Crippen MR) is 90.1 cm³/mol. The Morgan fingerprint density at radius 2 is 1.68 bits per heavy atom. The van der Waals surface area contributed by atoms with Gasteiger partial charge in [0.05, 0.1) is 0 Å². The van der Waals surface area contributed by atoms with E-state index in [2.05, 4.69) is 19.8 Å². The van der Waals surface area contributed by atoms with E-state index in [0.29, 0.717) is 11.3 Å². The molecule has 0 amide bonds. The number of hydrogen-bond donors (Lipinski definition) is 1. The molecular formula is C21H32O. The summed E-state index contributed by atoms with van der Waals surface area (Å²) >= 11 is 0. The van der Waals surface area contributed by atoms with Crippen molar-refractivity contribution in [3.63, 3.8) is 0 Å². The van der Waals surface area contributed by atoms with Crippen LogP contribution in [0.25, 0.3) is 0 Å². The second kappa shape index (κ2) is 4.76. The fourth-order valence-corrected chi connectivity index (χ4v) is 7.55. The highest BCUT2D eigenvalue weighted by Crippen LogP contribution is 2.68. The van der Waals surface area contributed by atoms with Gasteiger partial charge in [0.2, 0.25) is 0 Å². The number of fused-ring (bicyclic) bond motifs is 5. The average Bonchev–Trinajstić information content (AvgIpc) is 2.79. The van der Waals surface area contributed by atoms with Crippen LogP contribution >= 0.6 is 0 Å². The molecule has 4 rings (SSSR count). The van der Waals surface area contributed by atoms with Gasteiger partial charge in [-0.1, -0.05) is 32.6 Å². The predicted octanol–water partition coefficient (Wildman–Crippen LogP) is 4.78. The Morgan fingerprint density at radius 1 is 0.909 bits per heavy atom. The van der Waals surface area contributed by atoms with E-state index in [1.165, 1.54) is 44.9 Å². The van der Waals surface area contributed by atoms with Crippen LogP contribution in [0.3, 0.4) is 0 Å². The van der Waals surface area contributed by atoms with Gasteiger partial charge in [0.15, 0.2) is 0 Å². The molecule has 0 aromatic rings. The van der Waals surface area contributed by atoms with Gasteiger partial charge in [-0.05, 0) is 80.5 Å². The van der Waals surface area contributed by atoms with Crippen LogP contribution in [0.5, 0.6) is 0 Å². The number of terminal acetylenes is 1. The zero-order valence-corrected chi connectivity index (χ0v) is 14.4. The molecule has 1 heteroatoms. The molecule has 22 heavy (non-hydrogen) atoms. The Balaban J connectivity index is 1.67. The first-order valence-electron chi connectivity index (χ1n) is 9.65. The summed E-state index contributed by atoms with van der Waals surface area (Å²) < 4.78 is 0. The summed E-state index contributed by atoms with van der Waals surface area (Å²) in [6.07, 6.45) is 18.8. The smallest absolute Gasteiger partial charge is 0.130 e. The second-order valence-corrected chi connectivity index (χ2v) is 9.40. The Hall–Kier alpha value is -0.480. The fourth-order valence-electron chi connectivity index (χ4n) is 7.55. The Bertz CT molecular complexity index is 505. The van der Waals surface area contributed by atoms with Crippen LogP contribution in [0.4, 0.5) is 0 Å². The van der Waals surface area contributed by atoms with Gasteiger partial charge in [0, 0.05) is 5.41 Å². The lowest BCUT2D eigenvalue weighted by Gasteiger charge is -2.60. The van der Waals surface area contributed by atoms with Gasteiger partial charge in [-0.25, -0.2) is 0 Å². The zero-order valence-electron chi connectivity index (χ0n) is 14.4. The molecule has 0 unspecified atom stereocenters. The van der Waals surface area contributed by atoms with Crippen molar-refractivity contribution < 1.29 is 5.11 Å². The summed E-state index contributed by atoms with van der Waals surface area (Å²) in [5.41, 5.74) is -0.285. The minimum absolute atomic E-state index is 0.0270. The number of hydrogen-bond acceptors (Lipinski definition) is 1. The summed E-state index contributed by atoms with van der Waals surface area (Å²) in [7, 11) is 0. The van der Waals surface area contributed by atoms with Crippen LogP contribution in [-0.4, -0.2) is 10.7 Å². The molecule has 4 fully saturated rings. The highest BCUT2D eigenvalue weighted by Gasteiger charge is 2.63. The van der Waals surface area contributed by atoms with Gasteiger partial charge in [0.25, 0.3) is 0 Å². The normalized spacial score (nSPS) is 57.4. The first-order chi connectivity index (χ1) is 10.4. The molecule has 4 saturated carbocycles. The minimum atomic E-state index is -0.840. The topological polar surface area (TPSA) is 20.2 Å². The molecule has 0 bridgehead atoms. The summed E-state index contributed by atoms with van der Waals surface area (Å²) in [6.45, 7) is 4.91. The maximum Gasteiger partial charge on any atom is 0.130 e. The molecule has 0 spiro atoms. The van der Waals surface area contributed by atoms with Crippen molar-refractivity contribution in [2.45, 2.75) is 83.7 Å². The van der Waals surface area contributed by atoms with Gasteiger partial charge < -0.3 is 5.11 Å². The summed E-state index contributed by atoms with van der Waals surface area (Å²) in [6, 6.07) is 0. The molecule has 7 atom stereocenters. The summed E-state index contributed by atoms with van der Waals surface area (Å²) in [4.78, 5) is 0. The lowest BCUT2D eigenvalue weighted by molar-refractivity contribution is -0.134. The van der Waals surface area contributed by atoms with E-state index in [4.69, 9.17) is 6.42 Å². The summed E-state index contributed by atoms with van der Waals surface area (Å²) in [5.74, 6) is 6.14. The molecule has 0 saturated heterocycles. The molecule has 122 valence electrons. The lowest BCUT2D eigenvalue weighted by atomic mass is 9.44. The van der Waals surface area contributed by atoms with E-state index in [9.17, 15) is 5.11 Å². The SMILES string of the molecule is C#C[C@]1(O)CC[C@H]2[C@@H]3CC[C@@H]4CCCC[C@]4(C)[C@H]3CC[C@@]21C. The third kappa shape index (κ3) is 1.71.